The summed E-state index contributed by atoms with van der Waals surface area (Å²) in [5, 5.41) is 2.98. The summed E-state index contributed by atoms with van der Waals surface area (Å²) in [6.07, 6.45) is 1.40. The molecule has 1 atom stereocenters. The fraction of sp³-hybridized carbons (Fsp3) is 0.316. The van der Waals surface area contributed by atoms with Crippen LogP contribution in [0.25, 0.3) is 0 Å². The Labute approximate surface area is 147 Å². The number of amides is 1. The van der Waals surface area contributed by atoms with E-state index in [0.29, 0.717) is 29.7 Å². The van der Waals surface area contributed by atoms with Crippen LogP contribution in [0.5, 0.6) is 5.75 Å². The maximum Gasteiger partial charge on any atom is 0.220 e. The zero-order chi connectivity index (χ0) is 17.9. The van der Waals surface area contributed by atoms with E-state index in [9.17, 15) is 13.2 Å². The summed E-state index contributed by atoms with van der Waals surface area (Å²) in [6, 6.07) is 14.3. The zero-order valence-electron chi connectivity index (χ0n) is 14.1. The van der Waals surface area contributed by atoms with Crippen molar-refractivity contribution in [3.05, 3.63) is 59.7 Å². The van der Waals surface area contributed by atoms with Gasteiger partial charge in [-0.1, -0.05) is 30.3 Å². The minimum absolute atomic E-state index is 0.0629. The number of nitrogens with one attached hydrogen (secondary N) is 1. The Morgan fingerprint density at radius 2 is 1.88 bits per heavy atom. The van der Waals surface area contributed by atoms with Gasteiger partial charge in [0.1, 0.15) is 5.75 Å². The number of hydrogen-bond donors (Lipinski definition) is 1. The molecule has 132 valence electrons. The smallest absolute Gasteiger partial charge is 0.220 e. The highest BCUT2D eigenvalue weighted by molar-refractivity contribution is 7.91. The van der Waals surface area contributed by atoms with E-state index in [2.05, 4.69) is 5.32 Å². The van der Waals surface area contributed by atoms with Crippen molar-refractivity contribution < 1.29 is 17.9 Å². The van der Waals surface area contributed by atoms with E-state index >= 15 is 0 Å². The largest absolute Gasteiger partial charge is 0.497 e. The molecule has 0 spiro atoms. The molecule has 1 amide bonds. The second kappa shape index (κ2) is 7.27. The van der Waals surface area contributed by atoms with Crippen LogP contribution >= 0.6 is 0 Å². The summed E-state index contributed by atoms with van der Waals surface area (Å²) in [5.41, 5.74) is 1.74. The Balaban J connectivity index is 1.63. The van der Waals surface area contributed by atoms with Crippen LogP contribution in [0.2, 0.25) is 0 Å². The molecule has 25 heavy (non-hydrogen) atoms. The van der Waals surface area contributed by atoms with Crippen molar-refractivity contribution in [3.63, 3.8) is 0 Å². The lowest BCUT2D eigenvalue weighted by atomic mass is 10.0. The van der Waals surface area contributed by atoms with Crippen molar-refractivity contribution in [1.82, 2.24) is 5.32 Å². The van der Waals surface area contributed by atoms with E-state index in [4.69, 9.17) is 4.74 Å². The average Bonchev–Trinajstić information content (AvgIpc) is 2.63. The van der Waals surface area contributed by atoms with Gasteiger partial charge in [0.2, 0.25) is 5.91 Å². The summed E-state index contributed by atoms with van der Waals surface area (Å²) < 4.78 is 29.4. The Kier molecular flexibility index (Phi) is 5.08. The number of methoxy groups -OCH3 is 1. The highest BCUT2D eigenvalue weighted by atomic mass is 32.2. The number of carbonyl (C=O) groups excluding carboxylic acids is 1. The van der Waals surface area contributed by atoms with E-state index in [1.54, 1.807) is 31.4 Å². The highest BCUT2D eigenvalue weighted by Gasteiger charge is 2.30. The van der Waals surface area contributed by atoms with Crippen LogP contribution in [0.4, 0.5) is 0 Å². The van der Waals surface area contributed by atoms with Gasteiger partial charge in [-0.05, 0) is 42.2 Å². The molecule has 1 aliphatic heterocycles. The van der Waals surface area contributed by atoms with Crippen LogP contribution in [0.3, 0.4) is 0 Å². The maximum atomic E-state index is 12.3. The first-order chi connectivity index (χ1) is 12.0. The number of aryl methyl sites for hydroxylation is 1. The minimum Gasteiger partial charge on any atom is -0.497 e. The van der Waals surface area contributed by atoms with Crippen molar-refractivity contribution in [3.8, 4) is 5.75 Å². The maximum absolute atomic E-state index is 12.3. The van der Waals surface area contributed by atoms with Crippen LogP contribution in [-0.2, 0) is 21.1 Å². The summed E-state index contributed by atoms with van der Waals surface area (Å²) in [5.74, 6) is 0.774. The van der Waals surface area contributed by atoms with Gasteiger partial charge in [-0.25, -0.2) is 8.42 Å². The molecule has 0 saturated carbocycles. The molecule has 0 fully saturated rings. The number of hydrogen-bond acceptors (Lipinski definition) is 4. The van der Waals surface area contributed by atoms with Crippen LogP contribution in [0, 0.1) is 0 Å². The number of rotatable bonds is 5. The number of fused-ring (bicyclic) bond motifs is 1. The quantitative estimate of drug-likeness (QED) is 0.891. The molecule has 0 saturated heterocycles. The predicted molar refractivity (Wildman–Crippen MR) is 95.3 cm³/mol. The van der Waals surface area contributed by atoms with Gasteiger partial charge in [-0.15, -0.1) is 0 Å². The third-order valence-corrected chi connectivity index (χ3v) is 6.25. The molecule has 0 radical (unpaired) electrons. The standard InChI is InChI=1S/C19H21NO4S/c1-24-15-9-6-14(7-10-15)8-11-19(21)20-17-12-13-25(22,23)18-5-3-2-4-16(17)18/h2-7,9-10,17H,8,11-13H2,1H3,(H,20,21). The summed E-state index contributed by atoms with van der Waals surface area (Å²) in [6.45, 7) is 0. The van der Waals surface area contributed by atoms with Gasteiger partial charge in [-0.2, -0.15) is 0 Å². The fourth-order valence-electron chi connectivity index (χ4n) is 3.06. The SMILES string of the molecule is COc1ccc(CCC(=O)NC2CCS(=O)(=O)c3ccccc32)cc1. The third-order valence-electron chi connectivity index (χ3n) is 4.44. The molecule has 6 heteroatoms. The molecule has 2 aromatic carbocycles. The molecule has 2 aromatic rings. The van der Waals surface area contributed by atoms with E-state index in [-0.39, 0.29) is 17.7 Å². The summed E-state index contributed by atoms with van der Waals surface area (Å²) in [7, 11) is -1.62. The third kappa shape index (κ3) is 4.02. The molecule has 5 nitrogen and oxygen atoms in total. The lowest BCUT2D eigenvalue weighted by Gasteiger charge is -2.26. The van der Waals surface area contributed by atoms with Crippen molar-refractivity contribution in [1.29, 1.82) is 0 Å². The van der Waals surface area contributed by atoms with Crippen LogP contribution in [0.1, 0.15) is 30.0 Å². The van der Waals surface area contributed by atoms with E-state index in [1.807, 2.05) is 24.3 Å². The molecule has 0 aromatic heterocycles. The molecule has 3 rings (SSSR count). The Morgan fingerprint density at radius 3 is 2.60 bits per heavy atom. The first kappa shape index (κ1) is 17.5. The van der Waals surface area contributed by atoms with Gasteiger partial charge in [0, 0.05) is 6.42 Å². The van der Waals surface area contributed by atoms with Crippen molar-refractivity contribution in [2.24, 2.45) is 0 Å². The normalized spacial score (nSPS) is 18.2. The first-order valence-electron chi connectivity index (χ1n) is 8.23. The van der Waals surface area contributed by atoms with Gasteiger partial charge in [-0.3, -0.25) is 4.79 Å². The first-order valence-corrected chi connectivity index (χ1v) is 9.89. The lowest BCUT2D eigenvalue weighted by Crippen LogP contribution is -2.34. The number of sulfone groups is 1. The lowest BCUT2D eigenvalue weighted by molar-refractivity contribution is -0.121. The fourth-order valence-corrected chi connectivity index (χ4v) is 4.68. The van der Waals surface area contributed by atoms with Crippen LogP contribution in [-0.4, -0.2) is 27.2 Å². The van der Waals surface area contributed by atoms with Gasteiger partial charge >= 0.3 is 0 Å². The molecule has 0 bridgehead atoms. The number of benzene rings is 2. The summed E-state index contributed by atoms with van der Waals surface area (Å²) in [4.78, 5) is 12.6. The monoisotopic (exact) mass is 359 g/mol. The van der Waals surface area contributed by atoms with Crippen molar-refractivity contribution in [2.75, 3.05) is 12.9 Å². The average molecular weight is 359 g/mol. The number of carbonyl (C=O) groups is 1. The molecular weight excluding hydrogens is 338 g/mol. The molecular formula is C19H21NO4S. The second-order valence-corrected chi connectivity index (χ2v) is 8.19. The minimum atomic E-state index is -3.24. The Hall–Kier alpha value is -2.34. The van der Waals surface area contributed by atoms with Gasteiger partial charge in [0.25, 0.3) is 0 Å². The van der Waals surface area contributed by atoms with Crippen molar-refractivity contribution >= 4 is 15.7 Å². The molecule has 1 heterocycles. The second-order valence-electron chi connectivity index (χ2n) is 6.11. The molecule has 0 aliphatic carbocycles. The van der Waals surface area contributed by atoms with Crippen LogP contribution in [0.15, 0.2) is 53.4 Å². The molecule has 1 aliphatic rings. The van der Waals surface area contributed by atoms with Gasteiger partial charge in [0.15, 0.2) is 9.84 Å². The predicted octanol–water partition coefficient (Wildman–Crippen LogP) is 2.66. The Bertz CT molecular complexity index is 859. The highest BCUT2D eigenvalue weighted by Crippen LogP contribution is 2.31. The van der Waals surface area contributed by atoms with E-state index in [1.165, 1.54) is 0 Å². The topological polar surface area (TPSA) is 72.5 Å². The van der Waals surface area contributed by atoms with Gasteiger partial charge < -0.3 is 10.1 Å². The molecule has 1 N–H and O–H groups in total. The van der Waals surface area contributed by atoms with Crippen LogP contribution < -0.4 is 10.1 Å². The van der Waals surface area contributed by atoms with E-state index in [0.717, 1.165) is 11.3 Å². The number of ether oxygens (including phenoxy) is 1. The van der Waals surface area contributed by atoms with Crippen molar-refractivity contribution in [2.45, 2.75) is 30.2 Å². The zero-order valence-corrected chi connectivity index (χ0v) is 14.9. The van der Waals surface area contributed by atoms with Gasteiger partial charge in [0.05, 0.1) is 23.8 Å². The Morgan fingerprint density at radius 1 is 1.16 bits per heavy atom. The molecule has 1 unspecified atom stereocenters. The summed E-state index contributed by atoms with van der Waals surface area (Å²) >= 11 is 0. The van der Waals surface area contributed by atoms with E-state index < -0.39 is 9.84 Å².